The first-order valence-corrected chi connectivity index (χ1v) is 11.7. The molecule has 1 atom stereocenters. The number of ether oxygens (including phenoxy) is 1. The van der Waals surface area contributed by atoms with Crippen molar-refractivity contribution in [2.45, 2.75) is 90.6 Å². The smallest absolute Gasteiger partial charge is 0.355 e. The molecule has 0 aliphatic heterocycles. The third-order valence-electron chi connectivity index (χ3n) is 7.18. The Morgan fingerprint density at radius 1 is 1.03 bits per heavy atom. The number of hydrogen-bond donors (Lipinski definition) is 1. The van der Waals surface area contributed by atoms with Crippen molar-refractivity contribution in [3.05, 3.63) is 57.9 Å². The molecule has 31 heavy (non-hydrogen) atoms. The van der Waals surface area contributed by atoms with Gasteiger partial charge in [0.05, 0.1) is 0 Å². The molecule has 0 saturated heterocycles. The lowest BCUT2D eigenvalue weighted by atomic mass is 9.80. The average molecular weight is 422 g/mol. The Bertz CT molecular complexity index is 969. The predicted octanol–water partition coefficient (Wildman–Crippen LogP) is 6.27. The summed E-state index contributed by atoms with van der Waals surface area (Å²) >= 11 is 0. The highest BCUT2D eigenvalue weighted by molar-refractivity contribution is 6.03. The standard InChI is InChI=1S/C27H35NO3/c1-16-6-12-21(13-7-16)31-26(30)25-17(2)24-22(28-25)14-19(15-23(24)29)18-8-10-20(11-9-18)27(3,4)5/h8-11,16,19,21,28H,6-7,12-15H2,1-5H3/t16?,19-,21?/m1/s1. The van der Waals surface area contributed by atoms with Crippen molar-refractivity contribution < 1.29 is 14.3 Å². The van der Waals surface area contributed by atoms with E-state index in [9.17, 15) is 9.59 Å². The molecule has 4 heteroatoms. The lowest BCUT2D eigenvalue weighted by molar-refractivity contribution is 0.0167. The Morgan fingerprint density at radius 3 is 2.29 bits per heavy atom. The topological polar surface area (TPSA) is 59.2 Å². The SMILES string of the molecule is Cc1c(C(=O)OC2CCC(C)CC2)[nH]c2c1C(=O)C[C@H](c1ccc(C(C)(C)C)cc1)C2. The molecule has 1 aromatic carbocycles. The van der Waals surface area contributed by atoms with Crippen LogP contribution in [-0.2, 0) is 16.6 Å². The summed E-state index contributed by atoms with van der Waals surface area (Å²) in [6.07, 6.45) is 5.28. The molecule has 1 fully saturated rings. The quantitative estimate of drug-likeness (QED) is 0.594. The van der Waals surface area contributed by atoms with E-state index >= 15 is 0 Å². The molecular weight excluding hydrogens is 386 g/mol. The van der Waals surface area contributed by atoms with Gasteiger partial charge in [-0.1, -0.05) is 52.0 Å². The van der Waals surface area contributed by atoms with Crippen molar-refractivity contribution in [2.24, 2.45) is 5.92 Å². The molecule has 2 aliphatic carbocycles. The van der Waals surface area contributed by atoms with E-state index in [1.54, 1.807) is 0 Å². The van der Waals surface area contributed by atoms with Gasteiger partial charge < -0.3 is 9.72 Å². The minimum Gasteiger partial charge on any atom is -0.458 e. The number of esters is 1. The number of carbonyl (C=O) groups is 2. The molecule has 4 rings (SSSR count). The van der Waals surface area contributed by atoms with E-state index < -0.39 is 0 Å². The second-order valence-electron chi connectivity index (χ2n) is 10.7. The molecule has 2 aliphatic rings. The molecule has 1 N–H and O–H groups in total. The monoisotopic (exact) mass is 421 g/mol. The summed E-state index contributed by atoms with van der Waals surface area (Å²) in [4.78, 5) is 29.1. The van der Waals surface area contributed by atoms with E-state index in [0.717, 1.165) is 43.4 Å². The van der Waals surface area contributed by atoms with Gasteiger partial charge in [0.2, 0.25) is 0 Å². The zero-order chi connectivity index (χ0) is 22.3. The molecule has 4 nitrogen and oxygen atoms in total. The van der Waals surface area contributed by atoms with Gasteiger partial charge in [-0.25, -0.2) is 4.79 Å². The maximum Gasteiger partial charge on any atom is 0.355 e. The van der Waals surface area contributed by atoms with Crippen LogP contribution in [0.25, 0.3) is 0 Å². The van der Waals surface area contributed by atoms with Crippen molar-refractivity contribution in [1.29, 1.82) is 0 Å². The lowest BCUT2D eigenvalue weighted by Gasteiger charge is -2.25. The number of aromatic nitrogens is 1. The van der Waals surface area contributed by atoms with Crippen LogP contribution in [0.5, 0.6) is 0 Å². The first-order chi connectivity index (χ1) is 14.6. The fraction of sp³-hybridized carbons (Fsp3) is 0.556. The van der Waals surface area contributed by atoms with Crippen LogP contribution in [0.1, 0.15) is 109 Å². The van der Waals surface area contributed by atoms with Crippen LogP contribution >= 0.6 is 0 Å². The van der Waals surface area contributed by atoms with Crippen molar-refractivity contribution in [3.63, 3.8) is 0 Å². The van der Waals surface area contributed by atoms with Gasteiger partial charge in [0, 0.05) is 17.7 Å². The zero-order valence-corrected chi connectivity index (χ0v) is 19.5. The number of carbonyl (C=O) groups excluding carboxylic acids is 2. The molecule has 0 unspecified atom stereocenters. The van der Waals surface area contributed by atoms with Crippen LogP contribution in [0.4, 0.5) is 0 Å². The van der Waals surface area contributed by atoms with Gasteiger partial charge in [-0.15, -0.1) is 0 Å². The first-order valence-electron chi connectivity index (χ1n) is 11.7. The molecular formula is C27H35NO3. The van der Waals surface area contributed by atoms with Gasteiger partial charge in [0.1, 0.15) is 11.8 Å². The van der Waals surface area contributed by atoms with Crippen molar-refractivity contribution >= 4 is 11.8 Å². The summed E-state index contributed by atoms with van der Waals surface area (Å²) in [6, 6.07) is 8.64. The molecule has 0 spiro atoms. The Kier molecular flexibility index (Phi) is 5.85. The molecule has 1 aromatic heterocycles. The lowest BCUT2D eigenvalue weighted by Crippen LogP contribution is -2.24. The van der Waals surface area contributed by atoms with Gasteiger partial charge in [0.25, 0.3) is 0 Å². The molecule has 166 valence electrons. The first kappa shape index (κ1) is 21.9. The Balaban J connectivity index is 1.52. The number of H-pyrrole nitrogens is 1. The van der Waals surface area contributed by atoms with Gasteiger partial charge >= 0.3 is 5.97 Å². The second-order valence-corrected chi connectivity index (χ2v) is 10.7. The summed E-state index contributed by atoms with van der Waals surface area (Å²) in [7, 11) is 0. The third-order valence-corrected chi connectivity index (χ3v) is 7.18. The normalized spacial score (nSPS) is 24.0. The van der Waals surface area contributed by atoms with E-state index in [4.69, 9.17) is 4.74 Å². The van der Waals surface area contributed by atoms with E-state index in [1.165, 1.54) is 11.1 Å². The van der Waals surface area contributed by atoms with Crippen LogP contribution in [-0.4, -0.2) is 22.8 Å². The van der Waals surface area contributed by atoms with E-state index in [1.807, 2.05) is 6.92 Å². The maximum absolute atomic E-state index is 13.0. The number of Topliss-reactive ketones (excluding diaryl/α,β-unsaturated/α-hetero) is 1. The molecule has 0 bridgehead atoms. The highest BCUT2D eigenvalue weighted by Crippen LogP contribution is 2.36. The fourth-order valence-electron chi connectivity index (χ4n) is 5.09. The number of ketones is 1. The molecule has 2 aromatic rings. The predicted molar refractivity (Wildman–Crippen MR) is 123 cm³/mol. The summed E-state index contributed by atoms with van der Waals surface area (Å²) in [5.41, 5.74) is 5.36. The molecule has 1 saturated carbocycles. The van der Waals surface area contributed by atoms with Gasteiger partial charge in [-0.3, -0.25) is 4.79 Å². The molecule has 0 radical (unpaired) electrons. The number of nitrogens with one attached hydrogen (secondary N) is 1. The second kappa shape index (κ2) is 8.29. The van der Waals surface area contributed by atoms with Gasteiger partial charge in [-0.2, -0.15) is 0 Å². The summed E-state index contributed by atoms with van der Waals surface area (Å²) in [5, 5.41) is 0. The van der Waals surface area contributed by atoms with Crippen LogP contribution < -0.4 is 0 Å². The summed E-state index contributed by atoms with van der Waals surface area (Å²) < 4.78 is 5.79. The summed E-state index contributed by atoms with van der Waals surface area (Å²) in [5.74, 6) is 0.646. The Morgan fingerprint density at radius 2 is 1.68 bits per heavy atom. The van der Waals surface area contributed by atoms with Crippen LogP contribution in [0.15, 0.2) is 24.3 Å². The molecule has 0 amide bonds. The third kappa shape index (κ3) is 4.49. The van der Waals surface area contributed by atoms with Crippen molar-refractivity contribution in [1.82, 2.24) is 4.98 Å². The Labute approximate surface area is 185 Å². The van der Waals surface area contributed by atoms with Crippen LogP contribution in [0.3, 0.4) is 0 Å². The Hall–Kier alpha value is -2.36. The fourth-order valence-corrected chi connectivity index (χ4v) is 5.09. The van der Waals surface area contributed by atoms with E-state index in [-0.39, 0.29) is 29.2 Å². The highest BCUT2D eigenvalue weighted by atomic mass is 16.5. The number of aromatic amines is 1. The van der Waals surface area contributed by atoms with E-state index in [2.05, 4.69) is 56.9 Å². The number of rotatable bonds is 3. The largest absolute Gasteiger partial charge is 0.458 e. The zero-order valence-electron chi connectivity index (χ0n) is 19.5. The summed E-state index contributed by atoms with van der Waals surface area (Å²) in [6.45, 7) is 10.7. The molecule has 1 heterocycles. The van der Waals surface area contributed by atoms with Crippen LogP contribution in [0, 0.1) is 12.8 Å². The number of fused-ring (bicyclic) bond motifs is 1. The van der Waals surface area contributed by atoms with Crippen LogP contribution in [0.2, 0.25) is 0 Å². The maximum atomic E-state index is 13.0. The van der Waals surface area contributed by atoms with Gasteiger partial charge in [0.15, 0.2) is 5.78 Å². The van der Waals surface area contributed by atoms with Crippen molar-refractivity contribution in [3.8, 4) is 0 Å². The van der Waals surface area contributed by atoms with E-state index in [0.29, 0.717) is 23.6 Å². The number of benzene rings is 1. The highest BCUT2D eigenvalue weighted by Gasteiger charge is 2.33. The van der Waals surface area contributed by atoms with Gasteiger partial charge in [-0.05, 0) is 73.0 Å². The minimum absolute atomic E-state index is 0.00629. The minimum atomic E-state index is -0.315. The van der Waals surface area contributed by atoms with Crippen molar-refractivity contribution in [2.75, 3.05) is 0 Å². The average Bonchev–Trinajstić information content (AvgIpc) is 3.06. The number of hydrogen-bond acceptors (Lipinski definition) is 3.